The smallest absolute Gasteiger partial charge is 0.0730 e. The third kappa shape index (κ3) is 2.60. The molecule has 0 aliphatic rings. The molecular weight excluding hydrogens is 328 g/mol. The Labute approximate surface area is 135 Å². The van der Waals surface area contributed by atoms with Crippen LogP contribution in [0.2, 0.25) is 0 Å². The summed E-state index contributed by atoms with van der Waals surface area (Å²) in [6, 6.07) is 9.32. The number of rotatable bonds is 4. The van der Waals surface area contributed by atoms with Crippen molar-refractivity contribution < 1.29 is 0 Å². The van der Waals surface area contributed by atoms with Gasteiger partial charge in [-0.05, 0) is 77.9 Å². The molecule has 2 heteroatoms. The first-order valence-electron chi connectivity index (χ1n) is 7.28. The van der Waals surface area contributed by atoms with Crippen molar-refractivity contribution in [2.75, 3.05) is 0 Å². The molecule has 1 heterocycles. The van der Waals surface area contributed by atoms with E-state index >= 15 is 0 Å². The van der Waals surface area contributed by atoms with Crippen LogP contribution in [0.4, 0.5) is 0 Å². The first kappa shape index (κ1) is 15.8. The molecule has 0 N–H and O–H groups in total. The molecule has 0 nitrogen and oxygen atoms in total. The van der Waals surface area contributed by atoms with Gasteiger partial charge in [-0.25, -0.2) is 0 Å². The molecule has 20 heavy (non-hydrogen) atoms. The van der Waals surface area contributed by atoms with Gasteiger partial charge >= 0.3 is 0 Å². The Morgan fingerprint density at radius 1 is 0.950 bits per heavy atom. The number of hydrogen-bond donors (Lipinski definition) is 0. The summed E-state index contributed by atoms with van der Waals surface area (Å²) in [5, 5.41) is 0. The molecular formula is C18H23BrS. The fourth-order valence-electron chi connectivity index (χ4n) is 2.88. The molecule has 108 valence electrons. The first-order chi connectivity index (χ1) is 9.44. The number of aryl methyl sites for hydroxylation is 3. The highest BCUT2D eigenvalue weighted by Gasteiger charge is 2.32. The van der Waals surface area contributed by atoms with E-state index in [1.165, 1.54) is 30.9 Å². The van der Waals surface area contributed by atoms with Crippen LogP contribution in [0.15, 0.2) is 28.1 Å². The zero-order valence-corrected chi connectivity index (χ0v) is 15.4. The Morgan fingerprint density at radius 2 is 1.60 bits per heavy atom. The van der Waals surface area contributed by atoms with Crippen molar-refractivity contribution in [2.24, 2.45) is 0 Å². The van der Waals surface area contributed by atoms with Crippen LogP contribution < -0.4 is 0 Å². The second-order valence-corrected chi connectivity index (χ2v) is 8.03. The van der Waals surface area contributed by atoms with Crippen molar-refractivity contribution in [3.63, 3.8) is 0 Å². The second kappa shape index (κ2) is 6.03. The summed E-state index contributed by atoms with van der Waals surface area (Å²) in [7, 11) is 0. The van der Waals surface area contributed by atoms with Crippen LogP contribution in [-0.4, -0.2) is 0 Å². The van der Waals surface area contributed by atoms with Crippen molar-refractivity contribution >= 4 is 27.3 Å². The zero-order valence-electron chi connectivity index (χ0n) is 13.0. The van der Waals surface area contributed by atoms with E-state index in [9.17, 15) is 0 Å². The summed E-state index contributed by atoms with van der Waals surface area (Å²) in [5.74, 6) is 0. The van der Waals surface area contributed by atoms with Gasteiger partial charge in [-0.15, -0.1) is 11.3 Å². The lowest BCUT2D eigenvalue weighted by Crippen LogP contribution is -2.25. The van der Waals surface area contributed by atoms with Gasteiger partial charge in [-0.1, -0.05) is 32.0 Å². The summed E-state index contributed by atoms with van der Waals surface area (Å²) in [5.41, 5.74) is 5.72. The minimum Gasteiger partial charge on any atom is -0.132 e. The van der Waals surface area contributed by atoms with Crippen molar-refractivity contribution in [2.45, 2.75) is 52.9 Å². The molecule has 0 spiro atoms. The van der Waals surface area contributed by atoms with Gasteiger partial charge in [-0.3, -0.25) is 0 Å². The van der Waals surface area contributed by atoms with E-state index < -0.39 is 0 Å². The quantitative estimate of drug-likeness (QED) is 0.586. The van der Waals surface area contributed by atoms with Crippen molar-refractivity contribution in [3.8, 4) is 0 Å². The summed E-state index contributed by atoms with van der Waals surface area (Å²) < 4.78 is 1.27. The van der Waals surface area contributed by atoms with Crippen molar-refractivity contribution in [3.05, 3.63) is 55.2 Å². The van der Waals surface area contributed by atoms with Crippen molar-refractivity contribution in [1.29, 1.82) is 0 Å². The molecule has 2 rings (SSSR count). The fraction of sp³-hybridized carbons (Fsp3) is 0.444. The molecule has 0 aliphatic heterocycles. The highest BCUT2D eigenvalue weighted by Crippen LogP contribution is 2.44. The standard InChI is InChI=1S/C18H23BrS/c1-6-18(7-2,16-11-14(5)17(19)20-16)15-9-8-12(3)13(4)10-15/h8-11H,6-7H2,1-5H3. The van der Waals surface area contributed by atoms with Gasteiger partial charge in [0.05, 0.1) is 3.79 Å². The lowest BCUT2D eigenvalue weighted by atomic mass is 9.74. The van der Waals surface area contributed by atoms with Crippen LogP contribution in [0.3, 0.4) is 0 Å². The van der Waals surface area contributed by atoms with E-state index in [-0.39, 0.29) is 5.41 Å². The van der Waals surface area contributed by atoms with E-state index in [2.05, 4.69) is 74.8 Å². The van der Waals surface area contributed by atoms with Crippen LogP contribution in [0, 0.1) is 20.8 Å². The molecule has 2 aromatic rings. The molecule has 0 fully saturated rings. The maximum absolute atomic E-state index is 3.68. The molecule has 1 aromatic carbocycles. The molecule has 0 saturated carbocycles. The van der Waals surface area contributed by atoms with E-state index in [0.717, 1.165) is 12.8 Å². The van der Waals surface area contributed by atoms with Gasteiger partial charge in [0.2, 0.25) is 0 Å². The number of thiophene rings is 1. The minimum atomic E-state index is 0.153. The van der Waals surface area contributed by atoms with E-state index in [1.807, 2.05) is 11.3 Å². The van der Waals surface area contributed by atoms with E-state index in [4.69, 9.17) is 0 Å². The fourth-order valence-corrected chi connectivity index (χ4v) is 4.77. The zero-order chi connectivity index (χ0) is 14.9. The van der Waals surface area contributed by atoms with E-state index in [1.54, 1.807) is 0 Å². The maximum Gasteiger partial charge on any atom is 0.0730 e. The maximum atomic E-state index is 3.68. The number of hydrogen-bond acceptors (Lipinski definition) is 1. The summed E-state index contributed by atoms with van der Waals surface area (Å²) in [4.78, 5) is 1.48. The monoisotopic (exact) mass is 350 g/mol. The highest BCUT2D eigenvalue weighted by molar-refractivity contribution is 9.11. The predicted molar refractivity (Wildman–Crippen MR) is 94.0 cm³/mol. The Bertz CT molecular complexity index is 586. The summed E-state index contributed by atoms with van der Waals surface area (Å²) in [6.45, 7) is 11.2. The normalized spacial score (nSPS) is 11.9. The van der Waals surface area contributed by atoms with Crippen LogP contribution in [0.1, 0.15) is 53.8 Å². The van der Waals surface area contributed by atoms with Gasteiger partial charge in [0.15, 0.2) is 0 Å². The third-order valence-corrected chi connectivity index (χ3v) is 6.94. The lowest BCUT2D eigenvalue weighted by molar-refractivity contribution is 0.487. The summed E-state index contributed by atoms with van der Waals surface area (Å²) in [6.07, 6.45) is 2.27. The molecule has 1 aromatic heterocycles. The first-order valence-corrected chi connectivity index (χ1v) is 8.89. The van der Waals surface area contributed by atoms with Crippen LogP contribution >= 0.6 is 27.3 Å². The summed E-state index contributed by atoms with van der Waals surface area (Å²) >= 11 is 5.58. The lowest BCUT2D eigenvalue weighted by Gasteiger charge is -2.32. The molecule has 0 aliphatic carbocycles. The number of benzene rings is 1. The average Bonchev–Trinajstić information content (AvgIpc) is 2.76. The average molecular weight is 351 g/mol. The second-order valence-electron chi connectivity index (χ2n) is 5.66. The van der Waals surface area contributed by atoms with Gasteiger partial charge in [0.25, 0.3) is 0 Å². The third-order valence-electron chi connectivity index (χ3n) is 4.60. The number of halogens is 1. The SMILES string of the molecule is CCC(CC)(c1ccc(C)c(C)c1)c1cc(C)c(Br)s1. The van der Waals surface area contributed by atoms with Gasteiger partial charge < -0.3 is 0 Å². The molecule has 0 amide bonds. The van der Waals surface area contributed by atoms with Crippen molar-refractivity contribution in [1.82, 2.24) is 0 Å². The van der Waals surface area contributed by atoms with Gasteiger partial charge in [0, 0.05) is 10.3 Å². The molecule has 0 atom stereocenters. The van der Waals surface area contributed by atoms with E-state index in [0.29, 0.717) is 0 Å². The van der Waals surface area contributed by atoms with Crippen LogP contribution in [0.5, 0.6) is 0 Å². The highest BCUT2D eigenvalue weighted by atomic mass is 79.9. The predicted octanol–water partition coefficient (Wildman–Crippen LogP) is 6.54. The van der Waals surface area contributed by atoms with Crippen LogP contribution in [0.25, 0.3) is 0 Å². The van der Waals surface area contributed by atoms with Gasteiger partial charge in [0.1, 0.15) is 0 Å². The molecule has 0 unspecified atom stereocenters. The topological polar surface area (TPSA) is 0 Å². The minimum absolute atomic E-state index is 0.153. The largest absolute Gasteiger partial charge is 0.132 e. The molecule has 0 saturated heterocycles. The van der Waals surface area contributed by atoms with Crippen LogP contribution in [-0.2, 0) is 5.41 Å². The Hall–Kier alpha value is -0.600. The molecule has 0 bridgehead atoms. The van der Waals surface area contributed by atoms with Gasteiger partial charge in [-0.2, -0.15) is 0 Å². The molecule has 0 radical (unpaired) electrons. The Kier molecular flexibility index (Phi) is 4.76. The Balaban J connectivity index is 2.61. The Morgan fingerprint density at radius 3 is 2.05 bits per heavy atom.